The Kier molecular flexibility index (Phi) is 49.7. The van der Waals surface area contributed by atoms with Crippen LogP contribution in [-0.2, 0) is 4.79 Å². The van der Waals surface area contributed by atoms with Crippen molar-refractivity contribution in [2.24, 2.45) is 0 Å². The number of carbonyl (C=O) groups excluding carboxylic acids is 1. The molecule has 0 bridgehead atoms. The number of nitrogens with one attached hydrogen (secondary N) is 1. The van der Waals surface area contributed by atoms with Crippen LogP contribution >= 0.6 is 0 Å². The minimum atomic E-state index is -0.890. The van der Waals surface area contributed by atoms with Gasteiger partial charge in [0.25, 0.3) is 0 Å². The van der Waals surface area contributed by atoms with Crippen LogP contribution in [0.15, 0.2) is 36.5 Å². The molecule has 0 aromatic heterocycles. The number of rotatable bonds is 49. The number of amides is 1. The Labute approximate surface area is 368 Å². The van der Waals surface area contributed by atoms with Crippen molar-refractivity contribution in [3.05, 3.63) is 36.5 Å². The van der Waals surface area contributed by atoms with Crippen molar-refractivity contribution in [2.75, 3.05) is 13.2 Å². The molecule has 0 spiro atoms. The first kappa shape index (κ1) is 57.6. The SMILES string of the molecule is CCCCCCCCCCCCCCCCCCC=CC(O)C(CO)NC(=O)C=CC=CCCCCCCCCCCCCCCCCCCCCCCCCCCO. The number of carbonyl (C=O) groups is 1. The molecule has 348 valence electrons. The van der Waals surface area contributed by atoms with E-state index in [9.17, 15) is 15.0 Å². The Bertz CT molecular complexity index is 901. The van der Waals surface area contributed by atoms with Gasteiger partial charge in [0.05, 0.1) is 18.8 Å². The first-order valence-electron chi connectivity index (χ1n) is 26.4. The Morgan fingerprint density at radius 2 is 0.729 bits per heavy atom. The van der Waals surface area contributed by atoms with Crippen molar-refractivity contribution in [2.45, 2.75) is 289 Å². The lowest BCUT2D eigenvalue weighted by atomic mass is 10.0. The first-order valence-corrected chi connectivity index (χ1v) is 26.4. The predicted octanol–water partition coefficient (Wildman–Crippen LogP) is 15.9. The fraction of sp³-hybridized carbons (Fsp3) is 0.870. The summed E-state index contributed by atoms with van der Waals surface area (Å²) in [4.78, 5) is 12.3. The van der Waals surface area contributed by atoms with Crippen LogP contribution in [0.1, 0.15) is 277 Å². The standard InChI is InChI=1S/C54H103NO4/c1-2-3-4-5-6-7-8-9-10-11-24-27-30-33-36-39-42-45-48-53(58)52(51-57)55-54(59)49-46-43-40-37-34-31-28-25-22-20-18-16-14-12-13-15-17-19-21-23-26-29-32-35-38-41-44-47-50-56/h40,43,45-46,48-49,52-53,56-58H,2-39,41-42,44,47,50-51H2,1H3,(H,55,59). The molecular weight excluding hydrogens is 727 g/mol. The van der Waals surface area contributed by atoms with Crippen molar-refractivity contribution in [1.82, 2.24) is 5.32 Å². The molecule has 0 aliphatic rings. The summed E-state index contributed by atoms with van der Waals surface area (Å²) in [5.74, 6) is -0.292. The quantitative estimate of drug-likeness (QED) is 0.0213. The van der Waals surface area contributed by atoms with Crippen LogP contribution in [-0.4, -0.2) is 46.6 Å². The van der Waals surface area contributed by atoms with E-state index in [1.807, 2.05) is 12.2 Å². The number of hydrogen-bond donors (Lipinski definition) is 4. The van der Waals surface area contributed by atoms with Gasteiger partial charge in [0, 0.05) is 12.7 Å². The molecule has 5 heteroatoms. The molecule has 5 nitrogen and oxygen atoms in total. The molecule has 0 rings (SSSR count). The van der Waals surface area contributed by atoms with Gasteiger partial charge in [-0.2, -0.15) is 0 Å². The van der Waals surface area contributed by atoms with Crippen LogP contribution in [0.4, 0.5) is 0 Å². The molecule has 0 fully saturated rings. The average Bonchev–Trinajstić information content (AvgIpc) is 3.24. The van der Waals surface area contributed by atoms with Crippen LogP contribution in [0.5, 0.6) is 0 Å². The Hall–Kier alpha value is -1.43. The zero-order valence-corrected chi connectivity index (χ0v) is 39.5. The Morgan fingerprint density at radius 3 is 1.05 bits per heavy atom. The molecule has 0 aromatic carbocycles. The zero-order valence-electron chi connectivity index (χ0n) is 39.5. The summed E-state index contributed by atoms with van der Waals surface area (Å²) in [6.07, 6.45) is 66.4. The topological polar surface area (TPSA) is 89.8 Å². The summed E-state index contributed by atoms with van der Waals surface area (Å²) in [6.45, 7) is 2.35. The van der Waals surface area contributed by atoms with E-state index in [0.717, 1.165) is 25.7 Å². The molecule has 1 amide bonds. The maximum absolute atomic E-state index is 12.3. The van der Waals surface area contributed by atoms with Gasteiger partial charge >= 0.3 is 0 Å². The third-order valence-corrected chi connectivity index (χ3v) is 12.3. The van der Waals surface area contributed by atoms with E-state index in [4.69, 9.17) is 5.11 Å². The van der Waals surface area contributed by atoms with Crippen LogP contribution in [0.2, 0.25) is 0 Å². The van der Waals surface area contributed by atoms with Gasteiger partial charge in [0.1, 0.15) is 0 Å². The van der Waals surface area contributed by atoms with E-state index in [1.54, 1.807) is 12.2 Å². The normalized spacial score (nSPS) is 13.1. The van der Waals surface area contributed by atoms with E-state index >= 15 is 0 Å². The molecule has 0 saturated heterocycles. The van der Waals surface area contributed by atoms with E-state index in [1.165, 1.54) is 250 Å². The second-order valence-corrected chi connectivity index (χ2v) is 18.1. The van der Waals surface area contributed by atoms with Crippen molar-refractivity contribution in [3.8, 4) is 0 Å². The lowest BCUT2D eigenvalue weighted by Crippen LogP contribution is -2.44. The maximum Gasteiger partial charge on any atom is 0.244 e. The average molecular weight is 830 g/mol. The minimum absolute atomic E-state index is 0.292. The minimum Gasteiger partial charge on any atom is -0.396 e. The fourth-order valence-corrected chi connectivity index (χ4v) is 8.23. The van der Waals surface area contributed by atoms with Crippen LogP contribution in [0.25, 0.3) is 0 Å². The fourth-order valence-electron chi connectivity index (χ4n) is 8.23. The second kappa shape index (κ2) is 50.9. The molecule has 2 atom stereocenters. The number of aliphatic hydroxyl groups excluding tert-OH is 3. The van der Waals surface area contributed by atoms with Gasteiger partial charge in [-0.1, -0.05) is 275 Å². The molecule has 59 heavy (non-hydrogen) atoms. The summed E-state index contributed by atoms with van der Waals surface area (Å²) < 4.78 is 0. The summed E-state index contributed by atoms with van der Waals surface area (Å²) >= 11 is 0. The molecule has 0 aliphatic carbocycles. The van der Waals surface area contributed by atoms with Gasteiger partial charge in [-0.05, 0) is 32.1 Å². The highest BCUT2D eigenvalue weighted by atomic mass is 16.3. The molecule has 4 N–H and O–H groups in total. The zero-order chi connectivity index (χ0) is 42.8. The predicted molar refractivity (Wildman–Crippen MR) is 259 cm³/mol. The van der Waals surface area contributed by atoms with Gasteiger partial charge in [-0.3, -0.25) is 4.79 Å². The van der Waals surface area contributed by atoms with Gasteiger partial charge < -0.3 is 20.6 Å². The Balaban J connectivity index is 3.54. The van der Waals surface area contributed by atoms with Crippen LogP contribution in [0.3, 0.4) is 0 Å². The summed E-state index contributed by atoms with van der Waals surface area (Å²) in [6, 6.07) is -0.696. The lowest BCUT2D eigenvalue weighted by molar-refractivity contribution is -0.118. The summed E-state index contributed by atoms with van der Waals surface area (Å²) in [5, 5.41) is 31.8. The summed E-state index contributed by atoms with van der Waals surface area (Å²) in [5.41, 5.74) is 0. The third-order valence-electron chi connectivity index (χ3n) is 12.3. The summed E-state index contributed by atoms with van der Waals surface area (Å²) in [7, 11) is 0. The third kappa shape index (κ3) is 47.5. The van der Waals surface area contributed by atoms with Gasteiger partial charge in [0.15, 0.2) is 0 Å². The highest BCUT2D eigenvalue weighted by Gasteiger charge is 2.17. The highest BCUT2D eigenvalue weighted by molar-refractivity contribution is 5.88. The van der Waals surface area contributed by atoms with Crippen LogP contribution in [0, 0.1) is 0 Å². The number of unbranched alkanes of at least 4 members (excludes halogenated alkanes) is 40. The van der Waals surface area contributed by atoms with Crippen molar-refractivity contribution in [1.29, 1.82) is 0 Å². The number of hydrogen-bond acceptors (Lipinski definition) is 4. The molecule has 0 radical (unpaired) electrons. The van der Waals surface area contributed by atoms with Gasteiger partial charge in [-0.25, -0.2) is 0 Å². The Morgan fingerprint density at radius 1 is 0.424 bits per heavy atom. The van der Waals surface area contributed by atoms with E-state index in [2.05, 4.69) is 18.3 Å². The smallest absolute Gasteiger partial charge is 0.244 e. The largest absolute Gasteiger partial charge is 0.396 e. The van der Waals surface area contributed by atoms with Crippen molar-refractivity contribution >= 4 is 5.91 Å². The molecule has 0 saturated carbocycles. The van der Waals surface area contributed by atoms with Crippen molar-refractivity contribution < 1.29 is 20.1 Å². The second-order valence-electron chi connectivity index (χ2n) is 18.1. The van der Waals surface area contributed by atoms with Crippen molar-refractivity contribution in [3.63, 3.8) is 0 Å². The molecule has 2 unspecified atom stereocenters. The monoisotopic (exact) mass is 830 g/mol. The molecule has 0 aliphatic heterocycles. The number of aliphatic hydroxyl groups is 3. The maximum atomic E-state index is 12.3. The number of allylic oxidation sites excluding steroid dienone is 4. The van der Waals surface area contributed by atoms with Gasteiger partial charge in [-0.15, -0.1) is 0 Å². The highest BCUT2D eigenvalue weighted by Crippen LogP contribution is 2.17. The molecule has 0 heterocycles. The van der Waals surface area contributed by atoms with Crippen LogP contribution < -0.4 is 5.32 Å². The van der Waals surface area contributed by atoms with E-state index in [0.29, 0.717) is 6.61 Å². The van der Waals surface area contributed by atoms with E-state index in [-0.39, 0.29) is 12.5 Å². The molecule has 0 aromatic rings. The first-order chi connectivity index (χ1) is 29.2. The van der Waals surface area contributed by atoms with E-state index < -0.39 is 12.1 Å². The molecular formula is C54H103NO4. The lowest BCUT2D eigenvalue weighted by Gasteiger charge is -2.18. The van der Waals surface area contributed by atoms with Gasteiger partial charge in [0.2, 0.25) is 5.91 Å².